The van der Waals surface area contributed by atoms with Crippen LogP contribution in [0.25, 0.3) is 22.3 Å². The number of rotatable bonds is 8. The van der Waals surface area contributed by atoms with Crippen LogP contribution >= 0.6 is 34.3 Å². The molecule has 0 bridgehead atoms. The number of carbonyl (C=O) groups excluding carboxylic acids is 1. The number of aryl methyl sites for hydroxylation is 2. The number of nitrogens with zero attached hydrogens (tertiary/aromatic N) is 4. The van der Waals surface area contributed by atoms with Crippen molar-refractivity contribution in [2.75, 3.05) is 11.9 Å². The lowest BCUT2D eigenvalue weighted by molar-refractivity contribution is 0.0948. The van der Waals surface area contributed by atoms with Crippen molar-refractivity contribution in [3.63, 3.8) is 0 Å². The molecule has 1 amide bonds. The van der Waals surface area contributed by atoms with Crippen molar-refractivity contribution in [1.29, 1.82) is 5.26 Å². The molecule has 1 unspecified atom stereocenters. The number of aromatic nitrogens is 3. The fourth-order valence-electron chi connectivity index (χ4n) is 4.24. The second kappa shape index (κ2) is 14.8. The summed E-state index contributed by atoms with van der Waals surface area (Å²) in [6.45, 7) is 6.43. The smallest absolute Gasteiger partial charge is 0.264 e. The first-order valence-electron chi connectivity index (χ1n) is 13.3. The van der Waals surface area contributed by atoms with Crippen molar-refractivity contribution in [2.45, 2.75) is 33.2 Å². The molecule has 0 spiro atoms. The van der Waals surface area contributed by atoms with E-state index in [1.54, 1.807) is 6.92 Å². The molecule has 3 heterocycles. The van der Waals surface area contributed by atoms with Crippen molar-refractivity contribution >= 4 is 45.3 Å². The maximum Gasteiger partial charge on any atom is 0.264 e. The van der Waals surface area contributed by atoms with Crippen LogP contribution in [0.3, 0.4) is 0 Å². The molecule has 43 heavy (non-hydrogen) atoms. The third kappa shape index (κ3) is 7.40. The predicted molar refractivity (Wildman–Crippen MR) is 168 cm³/mol. The van der Waals surface area contributed by atoms with Gasteiger partial charge in [0.1, 0.15) is 16.5 Å². The summed E-state index contributed by atoms with van der Waals surface area (Å²) in [7, 11) is 0. The normalized spacial score (nSPS) is 11.2. The van der Waals surface area contributed by atoms with Crippen molar-refractivity contribution in [3.8, 4) is 28.3 Å². The molecular formula is C31H27ClF2N6OS2. The van der Waals surface area contributed by atoms with E-state index < -0.39 is 17.7 Å². The molecule has 0 saturated heterocycles. The topological polar surface area (TPSA) is 104 Å². The van der Waals surface area contributed by atoms with Gasteiger partial charge in [0.15, 0.2) is 16.3 Å². The van der Waals surface area contributed by atoms with Gasteiger partial charge in [0.05, 0.1) is 23.0 Å². The Labute approximate surface area is 261 Å². The Morgan fingerprint density at radius 1 is 1.00 bits per heavy atom. The maximum absolute atomic E-state index is 14.2. The summed E-state index contributed by atoms with van der Waals surface area (Å²) >= 11 is 8.90. The molecule has 0 fully saturated rings. The zero-order chi connectivity index (χ0) is 30.9. The third-order valence-corrected chi connectivity index (χ3v) is 8.44. The Bertz CT molecular complexity index is 1720. The van der Waals surface area contributed by atoms with Crippen LogP contribution in [0.1, 0.15) is 45.8 Å². The first-order valence-corrected chi connectivity index (χ1v) is 15.4. The molecule has 3 aromatic heterocycles. The van der Waals surface area contributed by atoms with E-state index in [0.29, 0.717) is 22.6 Å². The Morgan fingerprint density at radius 2 is 1.72 bits per heavy atom. The van der Waals surface area contributed by atoms with Crippen LogP contribution in [-0.4, -0.2) is 27.6 Å². The van der Waals surface area contributed by atoms with Gasteiger partial charge < -0.3 is 10.6 Å². The Hall–Kier alpha value is -4.24. The standard InChI is InChI=1S/C17H11ClF2N2.C14H16N4OS2/c1-10-14(11-6-3-2-4-7-11)16(17(18)22-21-10)15-12(19)8-5-9-13(15)20;1-3-9-12(21-14(18-9)16-4-2)13(19)17-10(8-15)11-6-5-7-20-11/h2-9H,1H3;5-7,10H,3-4H2,1-2H3,(H,16,18)(H,17,19). The predicted octanol–water partition coefficient (Wildman–Crippen LogP) is 8.24. The van der Waals surface area contributed by atoms with Crippen LogP contribution in [0.4, 0.5) is 13.9 Å². The highest BCUT2D eigenvalue weighted by Gasteiger charge is 2.23. The zero-order valence-electron chi connectivity index (χ0n) is 23.5. The molecule has 5 aromatic rings. The second-order valence-corrected chi connectivity index (χ2v) is 11.4. The quantitative estimate of drug-likeness (QED) is 0.178. The van der Waals surface area contributed by atoms with Crippen molar-refractivity contribution < 1.29 is 13.6 Å². The lowest BCUT2D eigenvalue weighted by atomic mass is 9.94. The molecule has 5 rings (SSSR count). The highest BCUT2D eigenvalue weighted by atomic mass is 35.5. The highest BCUT2D eigenvalue weighted by Crippen LogP contribution is 2.40. The van der Waals surface area contributed by atoms with E-state index in [1.165, 1.54) is 40.9 Å². The molecule has 7 nitrogen and oxygen atoms in total. The van der Waals surface area contributed by atoms with Crippen LogP contribution in [0.15, 0.2) is 66.0 Å². The molecule has 220 valence electrons. The van der Waals surface area contributed by atoms with Crippen molar-refractivity contribution in [2.24, 2.45) is 0 Å². The number of thiazole rings is 1. The summed E-state index contributed by atoms with van der Waals surface area (Å²) in [5.41, 5.74) is 2.68. The molecule has 0 radical (unpaired) electrons. The molecular weight excluding hydrogens is 610 g/mol. The number of anilines is 1. The average molecular weight is 637 g/mol. The lowest BCUT2D eigenvalue weighted by Crippen LogP contribution is -2.27. The summed E-state index contributed by atoms with van der Waals surface area (Å²) in [5, 5.41) is 25.5. The van der Waals surface area contributed by atoms with Gasteiger partial charge in [-0.2, -0.15) is 10.4 Å². The van der Waals surface area contributed by atoms with Gasteiger partial charge >= 0.3 is 0 Å². The molecule has 0 saturated carbocycles. The Balaban J connectivity index is 0.000000197. The average Bonchev–Trinajstić information content (AvgIpc) is 3.69. The number of thiophene rings is 1. The number of halogens is 3. The number of carbonyl (C=O) groups is 1. The van der Waals surface area contributed by atoms with Gasteiger partial charge in [-0.15, -0.1) is 16.4 Å². The second-order valence-electron chi connectivity index (χ2n) is 9.02. The van der Waals surface area contributed by atoms with Crippen LogP contribution in [-0.2, 0) is 6.42 Å². The van der Waals surface area contributed by atoms with Gasteiger partial charge in [-0.05, 0) is 49.4 Å². The monoisotopic (exact) mass is 636 g/mol. The molecule has 0 aliphatic carbocycles. The number of benzene rings is 2. The summed E-state index contributed by atoms with van der Waals surface area (Å²) in [4.78, 5) is 18.2. The molecule has 0 aliphatic heterocycles. The lowest BCUT2D eigenvalue weighted by Gasteiger charge is -2.14. The fourth-order valence-corrected chi connectivity index (χ4v) is 6.21. The molecule has 1 atom stereocenters. The third-order valence-electron chi connectivity index (χ3n) is 6.18. The molecule has 2 N–H and O–H groups in total. The minimum atomic E-state index is -0.688. The minimum Gasteiger partial charge on any atom is -0.362 e. The van der Waals surface area contributed by atoms with E-state index in [2.05, 4.69) is 31.9 Å². The van der Waals surface area contributed by atoms with Crippen molar-refractivity contribution in [1.82, 2.24) is 20.5 Å². The van der Waals surface area contributed by atoms with Gasteiger partial charge in [-0.25, -0.2) is 13.8 Å². The van der Waals surface area contributed by atoms with E-state index in [1.807, 2.05) is 61.7 Å². The van der Waals surface area contributed by atoms with E-state index in [4.69, 9.17) is 11.6 Å². The zero-order valence-corrected chi connectivity index (χ0v) is 25.9. The van der Waals surface area contributed by atoms with Crippen LogP contribution < -0.4 is 10.6 Å². The van der Waals surface area contributed by atoms with Gasteiger partial charge in [-0.1, -0.05) is 72.3 Å². The first-order chi connectivity index (χ1) is 20.8. The fraction of sp³-hybridized carbons (Fsp3) is 0.194. The van der Waals surface area contributed by atoms with Crippen LogP contribution in [0.2, 0.25) is 5.15 Å². The maximum atomic E-state index is 14.2. The van der Waals surface area contributed by atoms with E-state index in [0.717, 1.165) is 27.8 Å². The van der Waals surface area contributed by atoms with E-state index >= 15 is 0 Å². The largest absolute Gasteiger partial charge is 0.362 e. The highest BCUT2D eigenvalue weighted by molar-refractivity contribution is 7.17. The molecule has 2 aromatic carbocycles. The van der Waals surface area contributed by atoms with Crippen LogP contribution in [0.5, 0.6) is 0 Å². The Kier molecular flexibility index (Phi) is 10.9. The van der Waals surface area contributed by atoms with Crippen molar-refractivity contribution in [3.05, 3.63) is 104 Å². The molecule has 0 aliphatic rings. The minimum absolute atomic E-state index is 0.0338. The van der Waals surface area contributed by atoms with Gasteiger partial charge in [0.2, 0.25) is 0 Å². The number of amides is 1. The summed E-state index contributed by atoms with van der Waals surface area (Å²) in [6, 6.07) is 18.1. The number of nitrogens with one attached hydrogen (secondary N) is 2. The van der Waals surface area contributed by atoms with E-state index in [-0.39, 0.29) is 22.2 Å². The molecule has 12 heteroatoms. The number of hydrogen-bond donors (Lipinski definition) is 2. The van der Waals surface area contributed by atoms with Gasteiger partial charge in [0, 0.05) is 22.5 Å². The van der Waals surface area contributed by atoms with E-state index in [9.17, 15) is 18.8 Å². The SMILES string of the molecule is CCNc1nc(CC)c(C(=O)NC(C#N)c2cccs2)s1.Cc1nnc(Cl)c(-c2c(F)cccc2F)c1-c1ccccc1. The summed E-state index contributed by atoms with van der Waals surface area (Å²) < 4.78 is 28.4. The Morgan fingerprint density at radius 3 is 2.33 bits per heavy atom. The first kappa shape index (κ1) is 31.7. The van der Waals surface area contributed by atoms with Gasteiger partial charge in [0.25, 0.3) is 5.91 Å². The number of hydrogen-bond acceptors (Lipinski definition) is 8. The van der Waals surface area contributed by atoms with Crippen LogP contribution in [0, 0.1) is 29.9 Å². The number of nitriles is 1. The summed E-state index contributed by atoms with van der Waals surface area (Å²) in [5.74, 6) is -1.62. The van der Waals surface area contributed by atoms with Gasteiger partial charge in [-0.3, -0.25) is 4.79 Å². The summed E-state index contributed by atoms with van der Waals surface area (Å²) in [6.07, 6.45) is 0.681.